The molecular formula is C24H28F3N5O. The number of nitrogens with zero attached hydrogens (tertiary/aromatic N) is 4. The molecule has 0 bridgehead atoms. The number of rotatable bonds is 5. The van der Waals surface area contributed by atoms with Gasteiger partial charge >= 0.3 is 6.18 Å². The number of aromatic nitrogens is 3. The van der Waals surface area contributed by atoms with Crippen molar-refractivity contribution < 1.29 is 20.6 Å². The predicted octanol–water partition coefficient (Wildman–Crippen LogP) is 4.25. The Bertz CT molecular complexity index is 1080. The molecule has 2 saturated carbocycles. The van der Waals surface area contributed by atoms with Crippen LogP contribution in [-0.2, 0) is 10.9 Å². The van der Waals surface area contributed by atoms with Gasteiger partial charge < -0.3 is 15.0 Å². The van der Waals surface area contributed by atoms with Crippen LogP contribution in [0.25, 0.3) is 11.3 Å². The van der Waals surface area contributed by atoms with Crippen LogP contribution in [0.4, 0.5) is 19.0 Å². The zero-order chi connectivity index (χ0) is 24.4. The van der Waals surface area contributed by atoms with E-state index in [0.29, 0.717) is 37.4 Å². The molecule has 1 spiro atoms. The van der Waals surface area contributed by atoms with Gasteiger partial charge in [-0.05, 0) is 73.6 Å². The highest BCUT2D eigenvalue weighted by Crippen LogP contribution is 2.54. The molecule has 2 saturated heterocycles. The standard InChI is InChI=1S/C24H28F3N5O/c25-24(26,27)22-19(2-1-7-28-22)20-3-4-21(31-30-20)29-17-8-15-11-32(12-16(15)9-17)13-18-10-23(5-6-23)14-33-18/h1-4,7,15-18H,5-6,8-14H2,(H,29,31)/i13D2. The zero-order valence-electron chi connectivity index (χ0n) is 20.2. The number of fused-ring (bicyclic) bond motifs is 1. The maximum Gasteiger partial charge on any atom is 0.434 e. The Morgan fingerprint density at radius 1 is 1.15 bits per heavy atom. The summed E-state index contributed by atoms with van der Waals surface area (Å²) in [5, 5.41) is 11.5. The fourth-order valence-electron chi connectivity index (χ4n) is 5.72. The Hall–Kier alpha value is -2.26. The number of hydrogen-bond acceptors (Lipinski definition) is 6. The topological polar surface area (TPSA) is 63.2 Å². The van der Waals surface area contributed by atoms with E-state index in [9.17, 15) is 13.2 Å². The number of pyridine rings is 1. The van der Waals surface area contributed by atoms with Crippen LogP contribution in [0.3, 0.4) is 0 Å². The molecule has 9 heteroatoms. The smallest absolute Gasteiger partial charge is 0.376 e. The lowest BCUT2D eigenvalue weighted by Crippen LogP contribution is -2.32. The van der Waals surface area contributed by atoms with Gasteiger partial charge in [0, 0.05) is 40.1 Å². The van der Waals surface area contributed by atoms with Gasteiger partial charge in [0.15, 0.2) is 5.69 Å². The molecule has 0 aromatic carbocycles. The van der Waals surface area contributed by atoms with E-state index in [4.69, 9.17) is 7.48 Å². The van der Waals surface area contributed by atoms with Gasteiger partial charge in [0.2, 0.25) is 0 Å². The van der Waals surface area contributed by atoms with Crippen LogP contribution >= 0.6 is 0 Å². The van der Waals surface area contributed by atoms with E-state index >= 15 is 0 Å². The number of anilines is 1. The molecule has 33 heavy (non-hydrogen) atoms. The summed E-state index contributed by atoms with van der Waals surface area (Å²) in [6, 6.07) is 6.15. The fourth-order valence-corrected chi connectivity index (χ4v) is 5.72. The Morgan fingerprint density at radius 2 is 1.94 bits per heavy atom. The minimum Gasteiger partial charge on any atom is -0.376 e. The molecule has 2 aliphatic heterocycles. The van der Waals surface area contributed by atoms with Crippen LogP contribution in [0.2, 0.25) is 0 Å². The lowest BCUT2D eigenvalue weighted by Gasteiger charge is -2.22. The van der Waals surface area contributed by atoms with Gasteiger partial charge in [-0.1, -0.05) is 0 Å². The van der Waals surface area contributed by atoms with E-state index in [1.165, 1.54) is 18.2 Å². The Morgan fingerprint density at radius 3 is 2.58 bits per heavy atom. The average molecular weight is 462 g/mol. The summed E-state index contributed by atoms with van der Waals surface area (Å²) in [6.45, 7) is 0.688. The van der Waals surface area contributed by atoms with Gasteiger partial charge in [-0.2, -0.15) is 13.2 Å². The second kappa shape index (κ2) is 7.91. The average Bonchev–Trinajstić information content (AvgIpc) is 3.09. The van der Waals surface area contributed by atoms with Crippen molar-refractivity contribution in [2.75, 3.05) is 31.5 Å². The molecule has 2 aromatic heterocycles. The van der Waals surface area contributed by atoms with Gasteiger partial charge in [0.05, 0.1) is 18.4 Å². The fraction of sp³-hybridized carbons (Fsp3) is 0.625. The molecule has 1 N–H and O–H groups in total. The molecule has 3 atom stereocenters. The van der Waals surface area contributed by atoms with E-state index in [0.717, 1.165) is 38.3 Å². The normalized spacial score (nSPS) is 32.0. The number of ether oxygens (including phenoxy) is 1. The SMILES string of the molecule is [2H]C([2H])(C1CC2(CC2)CO1)N1CC2CC(Nc3ccc(-c4cccnc4C(F)(F)F)nn3)CC2C1. The van der Waals surface area contributed by atoms with Crippen LogP contribution in [0.1, 0.15) is 40.5 Å². The minimum absolute atomic E-state index is 0.0948. The monoisotopic (exact) mass is 461 g/mol. The van der Waals surface area contributed by atoms with Crippen LogP contribution in [0.5, 0.6) is 0 Å². The first-order valence-electron chi connectivity index (χ1n) is 12.6. The van der Waals surface area contributed by atoms with Gasteiger partial charge in [-0.25, -0.2) is 0 Å². The van der Waals surface area contributed by atoms with Crippen molar-refractivity contribution in [3.05, 3.63) is 36.2 Å². The largest absolute Gasteiger partial charge is 0.434 e. The third kappa shape index (κ3) is 4.33. The third-order valence-corrected chi connectivity index (χ3v) is 7.61. The van der Waals surface area contributed by atoms with Crippen molar-refractivity contribution in [2.45, 2.75) is 50.4 Å². The molecule has 0 radical (unpaired) electrons. The van der Waals surface area contributed by atoms with Crippen LogP contribution in [0, 0.1) is 17.3 Å². The quantitative estimate of drug-likeness (QED) is 0.718. The molecule has 176 valence electrons. The second-order valence-electron chi connectivity index (χ2n) is 10.1. The predicted molar refractivity (Wildman–Crippen MR) is 116 cm³/mol. The van der Waals surface area contributed by atoms with Crippen LogP contribution in [-0.4, -0.2) is 58.4 Å². The summed E-state index contributed by atoms with van der Waals surface area (Å²) in [7, 11) is 0. The van der Waals surface area contributed by atoms with Crippen LogP contribution in [0.15, 0.2) is 30.5 Å². The van der Waals surface area contributed by atoms with Gasteiger partial charge in [-0.15, -0.1) is 10.2 Å². The summed E-state index contributed by atoms with van der Waals surface area (Å²) < 4.78 is 63.2. The molecule has 3 unspecified atom stereocenters. The van der Waals surface area contributed by atoms with Crippen molar-refractivity contribution >= 4 is 5.82 Å². The maximum atomic E-state index is 13.3. The summed E-state index contributed by atoms with van der Waals surface area (Å²) in [5.74, 6) is 1.32. The van der Waals surface area contributed by atoms with Crippen molar-refractivity contribution in [3.8, 4) is 11.3 Å². The van der Waals surface area contributed by atoms with E-state index in [1.54, 1.807) is 6.07 Å². The Kier molecular flexibility index (Phi) is 4.57. The van der Waals surface area contributed by atoms with Crippen LogP contribution < -0.4 is 5.32 Å². The maximum absolute atomic E-state index is 13.3. The van der Waals surface area contributed by atoms with Crippen molar-refractivity contribution in [2.24, 2.45) is 17.3 Å². The summed E-state index contributed by atoms with van der Waals surface area (Å²) >= 11 is 0. The number of hydrogen-bond donors (Lipinski definition) is 1. The lowest BCUT2D eigenvalue weighted by molar-refractivity contribution is -0.140. The van der Waals surface area contributed by atoms with Gasteiger partial charge in [-0.3, -0.25) is 4.98 Å². The van der Waals surface area contributed by atoms with Gasteiger partial charge in [0.1, 0.15) is 5.82 Å². The summed E-state index contributed by atoms with van der Waals surface area (Å²) in [4.78, 5) is 5.45. The molecule has 4 heterocycles. The molecular weight excluding hydrogens is 431 g/mol. The first kappa shape index (κ1) is 19.1. The number of alkyl halides is 3. The number of likely N-dealkylation sites (tertiary alicyclic amines) is 1. The lowest BCUT2D eigenvalue weighted by atomic mass is 10.0. The van der Waals surface area contributed by atoms with E-state index in [2.05, 4.69) is 20.5 Å². The highest BCUT2D eigenvalue weighted by Gasteiger charge is 2.50. The highest BCUT2D eigenvalue weighted by molar-refractivity contribution is 5.62. The minimum atomic E-state index is -4.57. The van der Waals surface area contributed by atoms with E-state index in [-0.39, 0.29) is 28.8 Å². The molecule has 2 aliphatic carbocycles. The van der Waals surface area contributed by atoms with Crippen molar-refractivity contribution in [1.29, 1.82) is 0 Å². The molecule has 0 amide bonds. The van der Waals surface area contributed by atoms with Crippen molar-refractivity contribution in [3.63, 3.8) is 0 Å². The number of halogens is 3. The molecule has 4 aliphatic rings. The van der Waals surface area contributed by atoms with E-state index < -0.39 is 18.4 Å². The first-order valence-corrected chi connectivity index (χ1v) is 11.6. The molecule has 2 aromatic rings. The van der Waals surface area contributed by atoms with Gasteiger partial charge in [0.25, 0.3) is 0 Å². The van der Waals surface area contributed by atoms with Crippen molar-refractivity contribution in [1.82, 2.24) is 20.1 Å². The summed E-state index contributed by atoms with van der Waals surface area (Å²) in [5.41, 5.74) is -0.690. The Labute approximate surface area is 193 Å². The summed E-state index contributed by atoms with van der Waals surface area (Å²) in [6.07, 6.45) is 1.15. The molecule has 6 nitrogen and oxygen atoms in total. The Balaban J connectivity index is 1.06. The van der Waals surface area contributed by atoms with E-state index in [1.807, 2.05) is 4.90 Å². The highest BCUT2D eigenvalue weighted by atomic mass is 19.4. The molecule has 6 rings (SSSR count). The number of nitrogens with one attached hydrogen (secondary N) is 1. The molecule has 4 fully saturated rings. The zero-order valence-corrected chi connectivity index (χ0v) is 18.2. The third-order valence-electron chi connectivity index (χ3n) is 7.61. The first-order chi connectivity index (χ1) is 16.6. The second-order valence-corrected chi connectivity index (χ2v) is 10.1.